The predicted octanol–water partition coefficient (Wildman–Crippen LogP) is 5.71. The van der Waals surface area contributed by atoms with Crippen molar-refractivity contribution in [3.05, 3.63) is 89.5 Å². The molecule has 0 bridgehead atoms. The molecular formula is C27H28N2O3. The summed E-state index contributed by atoms with van der Waals surface area (Å²) < 4.78 is 5.66. The molecule has 0 aromatic heterocycles. The molecule has 32 heavy (non-hydrogen) atoms. The zero-order valence-electron chi connectivity index (χ0n) is 18.3. The molecule has 1 N–H and O–H groups in total. The average molecular weight is 429 g/mol. The third-order valence-electron chi connectivity index (χ3n) is 5.61. The van der Waals surface area contributed by atoms with Crippen molar-refractivity contribution in [3.63, 3.8) is 0 Å². The SMILES string of the molecule is CCCCOc1ccc(C(=O)Nc2ccc3c(c2)CCCN3C(=O)c2ccccc2)cc1. The fraction of sp³-hybridized carbons (Fsp3) is 0.259. The molecule has 4 rings (SSSR count). The second-order valence-corrected chi connectivity index (χ2v) is 7.95. The lowest BCUT2D eigenvalue weighted by Crippen LogP contribution is -2.35. The van der Waals surface area contributed by atoms with E-state index in [-0.39, 0.29) is 11.8 Å². The highest BCUT2D eigenvalue weighted by Gasteiger charge is 2.24. The van der Waals surface area contributed by atoms with Crippen molar-refractivity contribution in [3.8, 4) is 5.75 Å². The van der Waals surface area contributed by atoms with E-state index in [4.69, 9.17) is 4.74 Å². The summed E-state index contributed by atoms with van der Waals surface area (Å²) >= 11 is 0. The molecule has 1 heterocycles. The number of hydrogen-bond donors (Lipinski definition) is 1. The summed E-state index contributed by atoms with van der Waals surface area (Å²) in [4.78, 5) is 27.5. The van der Waals surface area contributed by atoms with E-state index in [1.54, 1.807) is 12.1 Å². The third-order valence-corrected chi connectivity index (χ3v) is 5.61. The molecule has 0 atom stereocenters. The van der Waals surface area contributed by atoms with Gasteiger partial charge in [-0.2, -0.15) is 0 Å². The zero-order chi connectivity index (χ0) is 22.3. The first kappa shape index (κ1) is 21.6. The van der Waals surface area contributed by atoms with Gasteiger partial charge in [0.1, 0.15) is 5.75 Å². The molecule has 3 aromatic carbocycles. The van der Waals surface area contributed by atoms with E-state index in [2.05, 4.69) is 12.2 Å². The van der Waals surface area contributed by atoms with Gasteiger partial charge < -0.3 is 15.0 Å². The van der Waals surface area contributed by atoms with Crippen LogP contribution in [0.1, 0.15) is 52.5 Å². The number of carbonyl (C=O) groups is 2. The van der Waals surface area contributed by atoms with Crippen LogP contribution in [0.25, 0.3) is 0 Å². The molecule has 0 saturated carbocycles. The summed E-state index contributed by atoms with van der Waals surface area (Å²) in [7, 11) is 0. The van der Waals surface area contributed by atoms with Gasteiger partial charge in [-0.1, -0.05) is 31.5 Å². The van der Waals surface area contributed by atoms with Crippen molar-refractivity contribution in [1.82, 2.24) is 0 Å². The zero-order valence-corrected chi connectivity index (χ0v) is 18.3. The van der Waals surface area contributed by atoms with Crippen molar-refractivity contribution in [2.75, 3.05) is 23.4 Å². The Morgan fingerprint density at radius 3 is 2.50 bits per heavy atom. The van der Waals surface area contributed by atoms with Crippen molar-refractivity contribution < 1.29 is 14.3 Å². The number of amides is 2. The highest BCUT2D eigenvalue weighted by atomic mass is 16.5. The summed E-state index contributed by atoms with van der Waals surface area (Å²) in [5.74, 6) is 0.606. The summed E-state index contributed by atoms with van der Waals surface area (Å²) in [5.41, 5.74) is 3.96. The summed E-state index contributed by atoms with van der Waals surface area (Å²) in [6.45, 7) is 3.50. The van der Waals surface area contributed by atoms with Crippen molar-refractivity contribution >= 4 is 23.2 Å². The van der Waals surface area contributed by atoms with Gasteiger partial charge in [-0.25, -0.2) is 0 Å². The van der Waals surface area contributed by atoms with Crippen LogP contribution >= 0.6 is 0 Å². The summed E-state index contributed by atoms with van der Waals surface area (Å²) in [5, 5.41) is 2.97. The number of fused-ring (bicyclic) bond motifs is 1. The maximum atomic E-state index is 13.0. The van der Waals surface area contributed by atoms with Crippen LogP contribution in [0.5, 0.6) is 5.75 Å². The highest BCUT2D eigenvalue weighted by molar-refractivity contribution is 6.07. The van der Waals surface area contributed by atoms with Gasteiger partial charge in [0, 0.05) is 29.0 Å². The first-order valence-corrected chi connectivity index (χ1v) is 11.2. The van der Waals surface area contributed by atoms with E-state index >= 15 is 0 Å². The lowest BCUT2D eigenvalue weighted by atomic mass is 10.00. The maximum Gasteiger partial charge on any atom is 0.258 e. The van der Waals surface area contributed by atoms with Gasteiger partial charge in [-0.3, -0.25) is 9.59 Å². The van der Waals surface area contributed by atoms with E-state index in [9.17, 15) is 9.59 Å². The van der Waals surface area contributed by atoms with Gasteiger partial charge in [0.05, 0.1) is 6.61 Å². The summed E-state index contributed by atoms with van der Waals surface area (Å²) in [6.07, 6.45) is 3.86. The fourth-order valence-electron chi connectivity index (χ4n) is 3.86. The van der Waals surface area contributed by atoms with E-state index in [1.165, 1.54) is 0 Å². The molecule has 0 fully saturated rings. The molecule has 164 valence electrons. The van der Waals surface area contributed by atoms with Crippen molar-refractivity contribution in [1.29, 1.82) is 0 Å². The minimum absolute atomic E-state index is 0.00424. The van der Waals surface area contributed by atoms with Crippen LogP contribution in [-0.2, 0) is 6.42 Å². The number of benzene rings is 3. The Morgan fingerprint density at radius 1 is 0.969 bits per heavy atom. The minimum Gasteiger partial charge on any atom is -0.494 e. The van der Waals surface area contributed by atoms with Crippen LogP contribution in [0.2, 0.25) is 0 Å². The maximum absolute atomic E-state index is 13.0. The molecule has 0 spiro atoms. The number of carbonyl (C=O) groups excluding carboxylic acids is 2. The lowest BCUT2D eigenvalue weighted by Gasteiger charge is -2.30. The van der Waals surface area contributed by atoms with Gasteiger partial charge >= 0.3 is 0 Å². The molecule has 1 aliphatic heterocycles. The first-order chi connectivity index (χ1) is 15.7. The summed E-state index contributed by atoms with van der Waals surface area (Å²) in [6, 6.07) is 22.3. The minimum atomic E-state index is -0.168. The molecule has 0 aliphatic carbocycles. The monoisotopic (exact) mass is 428 g/mol. The fourth-order valence-corrected chi connectivity index (χ4v) is 3.86. The van der Waals surface area contributed by atoms with Gasteiger partial charge in [-0.05, 0) is 79.4 Å². The van der Waals surface area contributed by atoms with Crippen LogP contribution in [0.3, 0.4) is 0 Å². The lowest BCUT2D eigenvalue weighted by molar-refractivity contribution is 0.0983. The highest BCUT2D eigenvalue weighted by Crippen LogP contribution is 2.31. The molecule has 0 saturated heterocycles. The normalized spacial score (nSPS) is 12.7. The van der Waals surface area contributed by atoms with E-state index in [0.717, 1.165) is 48.4 Å². The Labute approximate surface area is 189 Å². The molecular weight excluding hydrogens is 400 g/mol. The van der Waals surface area contributed by atoms with E-state index in [1.807, 2.05) is 65.6 Å². The van der Waals surface area contributed by atoms with Gasteiger partial charge in [-0.15, -0.1) is 0 Å². The van der Waals surface area contributed by atoms with Gasteiger partial charge in [0.15, 0.2) is 0 Å². The number of unbranched alkanes of at least 4 members (excludes halogenated alkanes) is 1. The van der Waals surface area contributed by atoms with E-state index in [0.29, 0.717) is 24.3 Å². The molecule has 3 aromatic rings. The van der Waals surface area contributed by atoms with Gasteiger partial charge in [0.2, 0.25) is 0 Å². The van der Waals surface area contributed by atoms with Crippen molar-refractivity contribution in [2.24, 2.45) is 0 Å². The Bertz CT molecular complexity index is 1080. The van der Waals surface area contributed by atoms with Gasteiger partial charge in [0.25, 0.3) is 11.8 Å². The Hall–Kier alpha value is -3.60. The second-order valence-electron chi connectivity index (χ2n) is 7.95. The second kappa shape index (κ2) is 10.1. The number of ether oxygens (including phenoxy) is 1. The quantitative estimate of drug-likeness (QED) is 0.490. The average Bonchev–Trinajstić information content (AvgIpc) is 2.84. The molecule has 5 heteroatoms. The standard InChI is InChI=1S/C27H28N2O3/c1-2-3-18-32-24-14-11-20(12-15-24)26(30)28-23-13-16-25-22(19-23)10-7-17-29(25)27(31)21-8-5-4-6-9-21/h4-6,8-9,11-16,19H,2-3,7,10,17-18H2,1H3,(H,28,30). The van der Waals surface area contributed by atoms with Crippen LogP contribution in [0.4, 0.5) is 11.4 Å². The first-order valence-electron chi connectivity index (χ1n) is 11.2. The largest absolute Gasteiger partial charge is 0.494 e. The molecule has 1 aliphatic rings. The molecule has 2 amide bonds. The number of hydrogen-bond acceptors (Lipinski definition) is 3. The van der Waals surface area contributed by atoms with Crippen LogP contribution < -0.4 is 15.0 Å². The van der Waals surface area contributed by atoms with Crippen LogP contribution in [0, 0.1) is 0 Å². The molecule has 5 nitrogen and oxygen atoms in total. The third kappa shape index (κ3) is 4.99. The smallest absolute Gasteiger partial charge is 0.258 e. The number of rotatable bonds is 7. The number of nitrogens with zero attached hydrogens (tertiary/aromatic N) is 1. The van der Waals surface area contributed by atoms with Crippen LogP contribution in [-0.4, -0.2) is 25.0 Å². The van der Waals surface area contributed by atoms with E-state index < -0.39 is 0 Å². The Balaban J connectivity index is 1.45. The Kier molecular flexibility index (Phi) is 6.85. The number of nitrogens with one attached hydrogen (secondary N) is 1. The predicted molar refractivity (Wildman–Crippen MR) is 128 cm³/mol. The van der Waals surface area contributed by atoms with Crippen molar-refractivity contribution in [2.45, 2.75) is 32.6 Å². The topological polar surface area (TPSA) is 58.6 Å². The molecule has 0 radical (unpaired) electrons. The number of aryl methyl sites for hydroxylation is 1. The molecule has 0 unspecified atom stereocenters. The Morgan fingerprint density at radius 2 is 1.75 bits per heavy atom. The van der Waals surface area contributed by atoms with Crippen LogP contribution in [0.15, 0.2) is 72.8 Å². The number of anilines is 2.